The lowest BCUT2D eigenvalue weighted by Gasteiger charge is -2.35. The van der Waals surface area contributed by atoms with Gasteiger partial charge in [-0.1, -0.05) is 6.92 Å². The van der Waals surface area contributed by atoms with Crippen LogP contribution < -0.4 is 9.80 Å². The second-order valence-corrected chi connectivity index (χ2v) is 5.95. The molecule has 0 N–H and O–H groups in total. The molecule has 2 aromatic heterocycles. The van der Waals surface area contributed by atoms with E-state index in [4.69, 9.17) is 0 Å². The van der Waals surface area contributed by atoms with Crippen LogP contribution in [-0.2, 0) is 6.42 Å². The molecule has 0 amide bonds. The molecular formula is C14H20N6S. The molecule has 112 valence electrons. The largest absolute Gasteiger partial charge is 0.353 e. The molecule has 3 heterocycles. The molecule has 0 spiro atoms. The third kappa shape index (κ3) is 3.12. The third-order valence-corrected chi connectivity index (χ3v) is 4.50. The van der Waals surface area contributed by atoms with Crippen LogP contribution in [0.3, 0.4) is 0 Å². The van der Waals surface area contributed by atoms with Crippen LogP contribution in [0.4, 0.5) is 10.9 Å². The van der Waals surface area contributed by atoms with Gasteiger partial charge in [0.1, 0.15) is 17.5 Å². The fraction of sp³-hybridized carbons (Fsp3) is 0.571. The second-order valence-electron chi connectivity index (χ2n) is 5.22. The summed E-state index contributed by atoms with van der Waals surface area (Å²) in [4.78, 5) is 18.1. The van der Waals surface area contributed by atoms with Crippen LogP contribution >= 0.6 is 11.5 Å². The molecule has 0 saturated carbocycles. The van der Waals surface area contributed by atoms with Gasteiger partial charge in [-0.05, 0) is 20.3 Å². The van der Waals surface area contributed by atoms with E-state index in [1.54, 1.807) is 0 Å². The van der Waals surface area contributed by atoms with Gasteiger partial charge < -0.3 is 9.80 Å². The standard InChI is InChI=1S/C14H20N6S/c1-4-12-9-13(16-10(2)15-12)19-5-7-20(8-6-19)14-17-11(3)18-21-14/h9H,4-8H2,1-3H3. The monoisotopic (exact) mass is 304 g/mol. The minimum atomic E-state index is 0.853. The number of hydrogen-bond donors (Lipinski definition) is 0. The second kappa shape index (κ2) is 5.93. The predicted molar refractivity (Wildman–Crippen MR) is 85.2 cm³/mol. The van der Waals surface area contributed by atoms with Crippen LogP contribution in [0.5, 0.6) is 0 Å². The molecule has 1 saturated heterocycles. The van der Waals surface area contributed by atoms with Crippen molar-refractivity contribution < 1.29 is 0 Å². The van der Waals surface area contributed by atoms with Gasteiger partial charge in [-0.15, -0.1) is 0 Å². The number of anilines is 2. The lowest BCUT2D eigenvalue weighted by molar-refractivity contribution is 0.643. The summed E-state index contributed by atoms with van der Waals surface area (Å²) in [5, 5.41) is 1.03. The van der Waals surface area contributed by atoms with Gasteiger partial charge in [-0.3, -0.25) is 0 Å². The highest BCUT2D eigenvalue weighted by Gasteiger charge is 2.21. The van der Waals surface area contributed by atoms with E-state index in [9.17, 15) is 0 Å². The van der Waals surface area contributed by atoms with Gasteiger partial charge >= 0.3 is 0 Å². The fourth-order valence-electron chi connectivity index (χ4n) is 2.50. The zero-order chi connectivity index (χ0) is 14.8. The van der Waals surface area contributed by atoms with E-state index in [-0.39, 0.29) is 0 Å². The van der Waals surface area contributed by atoms with Gasteiger partial charge in [0.05, 0.1) is 0 Å². The van der Waals surface area contributed by atoms with E-state index in [0.29, 0.717) is 0 Å². The number of aryl methyl sites for hydroxylation is 3. The van der Waals surface area contributed by atoms with Crippen LogP contribution in [0.25, 0.3) is 0 Å². The first-order valence-electron chi connectivity index (χ1n) is 7.30. The Labute approximate surface area is 129 Å². The average Bonchev–Trinajstić information content (AvgIpc) is 2.93. The predicted octanol–water partition coefficient (Wildman–Crippen LogP) is 1.83. The smallest absolute Gasteiger partial charge is 0.205 e. The molecule has 1 aliphatic heterocycles. The molecule has 6 nitrogen and oxygen atoms in total. The minimum absolute atomic E-state index is 0.853. The van der Waals surface area contributed by atoms with Crippen LogP contribution in [-0.4, -0.2) is 45.5 Å². The van der Waals surface area contributed by atoms with Gasteiger partial charge in [-0.2, -0.15) is 4.37 Å². The Kier molecular flexibility index (Phi) is 4.01. The lowest BCUT2D eigenvalue weighted by atomic mass is 10.2. The van der Waals surface area contributed by atoms with Gasteiger partial charge in [-0.25, -0.2) is 15.0 Å². The Morgan fingerprint density at radius 2 is 1.71 bits per heavy atom. The summed E-state index contributed by atoms with van der Waals surface area (Å²) in [5.41, 5.74) is 1.11. The van der Waals surface area contributed by atoms with Crippen LogP contribution in [0.15, 0.2) is 6.07 Å². The Hall–Kier alpha value is -1.76. The molecule has 7 heteroatoms. The Bertz CT molecular complexity index is 618. The van der Waals surface area contributed by atoms with Crippen molar-refractivity contribution in [3.05, 3.63) is 23.4 Å². The molecule has 0 unspecified atom stereocenters. The number of hydrogen-bond acceptors (Lipinski definition) is 7. The van der Waals surface area contributed by atoms with Crippen molar-refractivity contribution in [1.82, 2.24) is 19.3 Å². The topological polar surface area (TPSA) is 58.0 Å². The molecule has 3 rings (SSSR count). The highest BCUT2D eigenvalue weighted by atomic mass is 32.1. The summed E-state index contributed by atoms with van der Waals surface area (Å²) in [6, 6.07) is 2.11. The van der Waals surface area contributed by atoms with E-state index >= 15 is 0 Å². The number of nitrogens with zero attached hydrogens (tertiary/aromatic N) is 6. The van der Waals surface area contributed by atoms with Crippen molar-refractivity contribution >= 4 is 22.5 Å². The van der Waals surface area contributed by atoms with Crippen LogP contribution in [0.1, 0.15) is 24.3 Å². The first-order valence-corrected chi connectivity index (χ1v) is 8.08. The third-order valence-electron chi connectivity index (χ3n) is 3.63. The molecule has 0 aromatic carbocycles. The highest BCUT2D eigenvalue weighted by Crippen LogP contribution is 2.21. The van der Waals surface area contributed by atoms with E-state index in [1.165, 1.54) is 11.5 Å². The normalized spacial score (nSPS) is 15.6. The average molecular weight is 304 g/mol. The van der Waals surface area contributed by atoms with Crippen molar-refractivity contribution in [1.29, 1.82) is 0 Å². The van der Waals surface area contributed by atoms with Crippen molar-refractivity contribution in [2.45, 2.75) is 27.2 Å². The van der Waals surface area contributed by atoms with Crippen molar-refractivity contribution in [2.24, 2.45) is 0 Å². The Morgan fingerprint density at radius 1 is 1.00 bits per heavy atom. The lowest BCUT2D eigenvalue weighted by Crippen LogP contribution is -2.47. The summed E-state index contributed by atoms with van der Waals surface area (Å²) in [5.74, 6) is 2.76. The molecular weight excluding hydrogens is 284 g/mol. The molecule has 21 heavy (non-hydrogen) atoms. The Morgan fingerprint density at radius 3 is 2.33 bits per heavy atom. The van der Waals surface area contributed by atoms with Crippen molar-refractivity contribution in [2.75, 3.05) is 36.0 Å². The van der Waals surface area contributed by atoms with Crippen molar-refractivity contribution in [3.63, 3.8) is 0 Å². The highest BCUT2D eigenvalue weighted by molar-refractivity contribution is 7.09. The minimum Gasteiger partial charge on any atom is -0.353 e. The van der Waals surface area contributed by atoms with Gasteiger partial charge in [0, 0.05) is 49.5 Å². The maximum absolute atomic E-state index is 4.58. The first kappa shape index (κ1) is 14.2. The van der Waals surface area contributed by atoms with E-state index in [1.807, 2.05) is 13.8 Å². The van der Waals surface area contributed by atoms with Gasteiger partial charge in [0.25, 0.3) is 0 Å². The quantitative estimate of drug-likeness (QED) is 0.862. The summed E-state index contributed by atoms with van der Waals surface area (Å²) in [7, 11) is 0. The summed E-state index contributed by atoms with van der Waals surface area (Å²) >= 11 is 1.48. The van der Waals surface area contributed by atoms with E-state index in [2.05, 4.69) is 42.1 Å². The molecule has 2 aromatic rings. The van der Waals surface area contributed by atoms with Gasteiger partial charge in [0.15, 0.2) is 0 Å². The maximum atomic E-state index is 4.58. The summed E-state index contributed by atoms with van der Waals surface area (Å²) in [6.07, 6.45) is 0.945. The molecule has 0 atom stereocenters. The maximum Gasteiger partial charge on any atom is 0.205 e. The van der Waals surface area contributed by atoms with E-state index < -0.39 is 0 Å². The van der Waals surface area contributed by atoms with Gasteiger partial charge in [0.2, 0.25) is 5.13 Å². The fourth-order valence-corrected chi connectivity index (χ4v) is 3.22. The molecule has 1 fully saturated rings. The Balaban J connectivity index is 1.69. The number of rotatable bonds is 3. The molecule has 0 aliphatic carbocycles. The van der Waals surface area contributed by atoms with Crippen molar-refractivity contribution in [3.8, 4) is 0 Å². The first-order chi connectivity index (χ1) is 10.2. The SMILES string of the molecule is CCc1cc(N2CCN(c3nc(C)ns3)CC2)nc(C)n1. The van der Waals surface area contributed by atoms with Crippen LogP contribution in [0, 0.1) is 13.8 Å². The molecule has 0 bridgehead atoms. The summed E-state index contributed by atoms with van der Waals surface area (Å²) < 4.78 is 4.26. The van der Waals surface area contributed by atoms with Crippen LogP contribution in [0.2, 0.25) is 0 Å². The molecule has 1 aliphatic rings. The molecule has 0 radical (unpaired) electrons. The summed E-state index contributed by atoms with van der Waals surface area (Å²) in [6.45, 7) is 9.85. The zero-order valence-corrected chi connectivity index (χ0v) is 13.5. The van der Waals surface area contributed by atoms with E-state index in [0.717, 1.165) is 60.9 Å². The number of aromatic nitrogens is 4. The zero-order valence-electron chi connectivity index (χ0n) is 12.7. The number of piperazine rings is 1.